The van der Waals surface area contributed by atoms with Crippen LogP contribution < -0.4 is 0 Å². The Kier molecular flexibility index (Phi) is 5.65. The van der Waals surface area contributed by atoms with Crippen molar-refractivity contribution in [1.29, 1.82) is 0 Å². The van der Waals surface area contributed by atoms with Crippen molar-refractivity contribution < 1.29 is 19.8 Å². The smallest absolute Gasteiger partial charge is 0.310 e. The van der Waals surface area contributed by atoms with Crippen LogP contribution in [0.4, 0.5) is 0 Å². The molecule has 0 aromatic heterocycles. The van der Waals surface area contributed by atoms with E-state index in [4.69, 9.17) is 5.11 Å². The predicted molar refractivity (Wildman–Crippen MR) is 80.1 cm³/mol. The van der Waals surface area contributed by atoms with Gasteiger partial charge in [-0.3, -0.25) is 9.59 Å². The minimum atomic E-state index is -0.868. The van der Waals surface area contributed by atoms with Gasteiger partial charge in [-0.15, -0.1) is 0 Å². The summed E-state index contributed by atoms with van der Waals surface area (Å²) in [5.74, 6) is -1.26. The van der Waals surface area contributed by atoms with E-state index in [1.54, 1.807) is 0 Å². The van der Waals surface area contributed by atoms with E-state index in [0.717, 1.165) is 51.4 Å². The van der Waals surface area contributed by atoms with E-state index in [1.807, 2.05) is 0 Å². The third kappa shape index (κ3) is 3.58. The van der Waals surface area contributed by atoms with Crippen LogP contribution in [-0.4, -0.2) is 22.2 Å². The SMILES string of the molecule is O=C(O)CCC(C(=O)O)(C1CCCCC1)C1CCCCC1. The highest BCUT2D eigenvalue weighted by Gasteiger charge is 2.51. The van der Waals surface area contributed by atoms with E-state index in [9.17, 15) is 14.7 Å². The minimum absolute atomic E-state index is 0.0146. The fourth-order valence-electron chi connectivity index (χ4n) is 4.75. The summed E-state index contributed by atoms with van der Waals surface area (Å²) in [5.41, 5.74) is -0.792. The van der Waals surface area contributed by atoms with Crippen LogP contribution in [0.3, 0.4) is 0 Å². The molecule has 4 nitrogen and oxygen atoms in total. The Morgan fingerprint density at radius 3 is 1.57 bits per heavy atom. The van der Waals surface area contributed by atoms with Crippen LogP contribution in [0, 0.1) is 17.3 Å². The average molecular weight is 296 g/mol. The molecule has 2 N–H and O–H groups in total. The molecule has 0 bridgehead atoms. The maximum Gasteiger partial charge on any atom is 0.310 e. The van der Waals surface area contributed by atoms with Crippen molar-refractivity contribution in [2.24, 2.45) is 17.3 Å². The van der Waals surface area contributed by atoms with Gasteiger partial charge in [-0.25, -0.2) is 0 Å². The molecule has 2 saturated carbocycles. The molecule has 4 heteroatoms. The van der Waals surface area contributed by atoms with Gasteiger partial charge in [0.2, 0.25) is 0 Å². The number of aliphatic carboxylic acids is 2. The lowest BCUT2D eigenvalue weighted by Gasteiger charge is -2.46. The first-order valence-corrected chi connectivity index (χ1v) is 8.52. The Morgan fingerprint density at radius 1 is 0.810 bits per heavy atom. The monoisotopic (exact) mass is 296 g/mol. The molecule has 2 fully saturated rings. The summed E-state index contributed by atoms with van der Waals surface area (Å²) < 4.78 is 0. The number of carboxylic acids is 2. The Balaban J connectivity index is 2.26. The maximum absolute atomic E-state index is 12.2. The van der Waals surface area contributed by atoms with Gasteiger partial charge >= 0.3 is 11.9 Å². The van der Waals surface area contributed by atoms with E-state index in [2.05, 4.69) is 0 Å². The molecule has 2 aliphatic carbocycles. The molecular formula is C17H28O4. The van der Waals surface area contributed by atoms with Crippen molar-refractivity contribution in [1.82, 2.24) is 0 Å². The van der Waals surface area contributed by atoms with Crippen molar-refractivity contribution in [2.75, 3.05) is 0 Å². The molecule has 0 heterocycles. The molecule has 2 rings (SSSR count). The van der Waals surface area contributed by atoms with Crippen LogP contribution in [0.1, 0.15) is 77.0 Å². The number of hydrogen-bond acceptors (Lipinski definition) is 2. The zero-order valence-corrected chi connectivity index (χ0v) is 12.9. The van der Waals surface area contributed by atoms with E-state index in [-0.39, 0.29) is 18.3 Å². The highest BCUT2D eigenvalue weighted by atomic mass is 16.4. The lowest BCUT2D eigenvalue weighted by Crippen LogP contribution is -2.47. The molecule has 0 atom stereocenters. The summed E-state index contributed by atoms with van der Waals surface area (Å²) in [5, 5.41) is 19.1. The number of hydrogen-bond donors (Lipinski definition) is 2. The van der Waals surface area contributed by atoms with Gasteiger partial charge in [0.1, 0.15) is 0 Å². The first-order valence-electron chi connectivity index (χ1n) is 8.52. The first kappa shape index (κ1) is 16.3. The van der Waals surface area contributed by atoms with E-state index >= 15 is 0 Å². The predicted octanol–water partition coefficient (Wildman–Crippen LogP) is 4.08. The van der Waals surface area contributed by atoms with E-state index in [1.165, 1.54) is 12.8 Å². The molecule has 0 aromatic carbocycles. The molecule has 2 aliphatic rings. The standard InChI is InChI=1S/C17H28O4/c18-15(19)11-12-17(16(20)21,13-7-3-1-4-8-13)14-9-5-2-6-10-14/h13-14H,1-12H2,(H,18,19)(H,20,21). The molecule has 0 radical (unpaired) electrons. The zero-order valence-electron chi connectivity index (χ0n) is 12.9. The zero-order chi connectivity index (χ0) is 15.3. The van der Waals surface area contributed by atoms with Crippen LogP contribution in [0.15, 0.2) is 0 Å². The molecular weight excluding hydrogens is 268 g/mol. The number of carbonyl (C=O) groups is 2. The second-order valence-electron chi connectivity index (χ2n) is 6.91. The fraction of sp³-hybridized carbons (Fsp3) is 0.882. The Bertz CT molecular complexity index is 347. The van der Waals surface area contributed by atoms with Gasteiger partial charge in [-0.1, -0.05) is 38.5 Å². The van der Waals surface area contributed by atoms with E-state index < -0.39 is 17.4 Å². The Hall–Kier alpha value is -1.06. The average Bonchev–Trinajstić information content (AvgIpc) is 2.49. The Morgan fingerprint density at radius 2 is 1.24 bits per heavy atom. The summed E-state index contributed by atoms with van der Waals surface area (Å²) in [6.45, 7) is 0. The third-order valence-electron chi connectivity index (χ3n) is 5.82. The van der Waals surface area contributed by atoms with Crippen molar-refractivity contribution >= 4 is 11.9 Å². The van der Waals surface area contributed by atoms with Crippen LogP contribution in [-0.2, 0) is 9.59 Å². The van der Waals surface area contributed by atoms with Crippen molar-refractivity contribution in [3.63, 3.8) is 0 Å². The van der Waals surface area contributed by atoms with Gasteiger partial charge in [0.05, 0.1) is 5.41 Å². The Labute approximate surface area is 126 Å². The number of rotatable bonds is 6. The quantitative estimate of drug-likeness (QED) is 0.774. The van der Waals surface area contributed by atoms with Gasteiger partial charge in [-0.05, 0) is 43.9 Å². The molecule has 0 aromatic rings. The highest BCUT2D eigenvalue weighted by Crippen LogP contribution is 2.51. The van der Waals surface area contributed by atoms with Gasteiger partial charge in [0.15, 0.2) is 0 Å². The molecule has 0 unspecified atom stereocenters. The highest BCUT2D eigenvalue weighted by molar-refractivity contribution is 5.77. The van der Waals surface area contributed by atoms with Crippen LogP contribution >= 0.6 is 0 Å². The van der Waals surface area contributed by atoms with Gasteiger partial charge < -0.3 is 10.2 Å². The topological polar surface area (TPSA) is 74.6 Å². The number of carboxylic acid groups (broad SMARTS) is 2. The van der Waals surface area contributed by atoms with E-state index in [0.29, 0.717) is 6.42 Å². The van der Waals surface area contributed by atoms with Gasteiger partial charge in [0.25, 0.3) is 0 Å². The van der Waals surface area contributed by atoms with Gasteiger partial charge in [-0.2, -0.15) is 0 Å². The summed E-state index contributed by atoms with van der Waals surface area (Å²) in [6.07, 6.45) is 10.9. The first-order chi connectivity index (χ1) is 10.1. The van der Waals surface area contributed by atoms with Crippen LogP contribution in [0.25, 0.3) is 0 Å². The summed E-state index contributed by atoms with van der Waals surface area (Å²) in [4.78, 5) is 23.3. The molecule has 0 spiro atoms. The second kappa shape index (κ2) is 7.28. The fourth-order valence-corrected chi connectivity index (χ4v) is 4.75. The summed E-state index contributed by atoms with van der Waals surface area (Å²) in [6, 6.07) is 0. The van der Waals surface area contributed by atoms with Crippen molar-refractivity contribution in [3.05, 3.63) is 0 Å². The normalized spacial score (nSPS) is 22.1. The van der Waals surface area contributed by atoms with Crippen molar-refractivity contribution in [2.45, 2.75) is 77.0 Å². The molecule has 0 amide bonds. The second-order valence-corrected chi connectivity index (χ2v) is 6.91. The summed E-state index contributed by atoms with van der Waals surface area (Å²) in [7, 11) is 0. The molecule has 0 saturated heterocycles. The lowest BCUT2D eigenvalue weighted by molar-refractivity contribution is -0.162. The van der Waals surface area contributed by atoms with Crippen LogP contribution in [0.5, 0.6) is 0 Å². The lowest BCUT2D eigenvalue weighted by atomic mass is 9.57. The van der Waals surface area contributed by atoms with Gasteiger partial charge in [0, 0.05) is 6.42 Å². The molecule has 21 heavy (non-hydrogen) atoms. The third-order valence-corrected chi connectivity index (χ3v) is 5.82. The van der Waals surface area contributed by atoms with Crippen LogP contribution in [0.2, 0.25) is 0 Å². The largest absolute Gasteiger partial charge is 0.481 e. The summed E-state index contributed by atoms with van der Waals surface area (Å²) >= 11 is 0. The minimum Gasteiger partial charge on any atom is -0.481 e. The molecule has 0 aliphatic heterocycles. The molecule has 120 valence electrons. The van der Waals surface area contributed by atoms with Crippen molar-refractivity contribution in [3.8, 4) is 0 Å². The maximum atomic E-state index is 12.2.